The lowest BCUT2D eigenvalue weighted by Gasteiger charge is -2.16. The van der Waals surface area contributed by atoms with Gasteiger partial charge in [-0.05, 0) is 19.4 Å². The number of pyridine rings is 3. The lowest BCUT2D eigenvalue weighted by molar-refractivity contribution is 0.292. The van der Waals surface area contributed by atoms with Crippen LogP contribution >= 0.6 is 23.2 Å². The van der Waals surface area contributed by atoms with Gasteiger partial charge in [0.05, 0.1) is 14.6 Å². The summed E-state index contributed by atoms with van der Waals surface area (Å²) in [6.45, 7) is 0.0330. The Morgan fingerprint density at radius 2 is 1.89 bits per heavy atom. The summed E-state index contributed by atoms with van der Waals surface area (Å²) in [5, 5.41) is -1.05. The molecule has 0 aliphatic carbocycles. The summed E-state index contributed by atoms with van der Waals surface area (Å²) < 4.78 is 63.4. The molecule has 0 N–H and O–H groups in total. The molecule has 0 fully saturated rings. The molecule has 3 rings (SSSR count). The normalized spacial score (nSPS) is 12.5. The fourth-order valence-corrected chi connectivity index (χ4v) is 2.76. The van der Waals surface area contributed by atoms with E-state index in [1.54, 1.807) is 0 Å². The zero-order valence-electron chi connectivity index (χ0n) is 16.4. The third-order valence-corrected chi connectivity index (χ3v) is 4.33. The highest BCUT2D eigenvalue weighted by atomic mass is 35.5. The number of ether oxygens (including phenoxy) is 1. The van der Waals surface area contributed by atoms with Gasteiger partial charge in [0.2, 0.25) is 0 Å². The van der Waals surface area contributed by atoms with E-state index in [1.165, 1.54) is 20.0 Å². The maximum Gasteiger partial charge on any atom is 0.278 e. The monoisotopic (exact) mass is 431 g/mol. The van der Waals surface area contributed by atoms with E-state index in [0.717, 1.165) is 10.6 Å². The van der Waals surface area contributed by atoms with Gasteiger partial charge in [-0.2, -0.15) is 0 Å². The average Bonchev–Trinajstić information content (AvgIpc) is 2.65. The first-order valence-electron chi connectivity index (χ1n) is 8.67. The molecule has 0 aromatic carbocycles. The number of halogens is 5. The lowest BCUT2D eigenvalue weighted by atomic mass is 10.2. The molecule has 0 saturated carbocycles. The van der Waals surface area contributed by atoms with E-state index in [-0.39, 0.29) is 11.4 Å². The predicted molar refractivity (Wildman–Crippen MR) is 97.8 cm³/mol. The van der Waals surface area contributed by atoms with E-state index >= 15 is 0 Å². The summed E-state index contributed by atoms with van der Waals surface area (Å²) in [4.78, 5) is 19.8. The van der Waals surface area contributed by atoms with Crippen molar-refractivity contribution in [3.05, 3.63) is 79.5 Å². The van der Waals surface area contributed by atoms with Gasteiger partial charge < -0.3 is 4.74 Å². The van der Waals surface area contributed by atoms with Crippen molar-refractivity contribution < 1.29 is 20.6 Å². The van der Waals surface area contributed by atoms with Crippen LogP contribution in [-0.2, 0) is 6.56 Å². The zero-order valence-corrected chi connectivity index (χ0v) is 15.9. The number of hydrogen-bond donors (Lipinski definition) is 0. The molecule has 0 unspecified atom stereocenters. The molecule has 0 saturated heterocycles. The molecule has 10 heteroatoms. The lowest BCUT2D eigenvalue weighted by Crippen LogP contribution is -2.24. The van der Waals surface area contributed by atoms with E-state index in [4.69, 9.17) is 30.7 Å². The van der Waals surface area contributed by atoms with Gasteiger partial charge in [0.25, 0.3) is 5.56 Å². The summed E-state index contributed by atoms with van der Waals surface area (Å²) in [7, 11) is 0. The fraction of sp³-hybridized carbons (Fsp3) is 0.167. The van der Waals surface area contributed by atoms with E-state index in [9.17, 15) is 18.0 Å². The highest BCUT2D eigenvalue weighted by Crippen LogP contribution is 2.28. The van der Waals surface area contributed by atoms with Crippen LogP contribution in [0.2, 0.25) is 10.2 Å². The number of nitrogens with zero attached hydrogens (tertiary/aromatic N) is 3. The van der Waals surface area contributed by atoms with Crippen molar-refractivity contribution >= 4 is 23.2 Å². The second-order valence-corrected chi connectivity index (χ2v) is 6.42. The van der Waals surface area contributed by atoms with Crippen LogP contribution in [0.1, 0.15) is 19.7 Å². The predicted octanol–water partition coefficient (Wildman–Crippen LogP) is 4.55. The van der Waals surface area contributed by atoms with Gasteiger partial charge >= 0.3 is 0 Å². The summed E-state index contributed by atoms with van der Waals surface area (Å²) in [6, 6.07) is 1.60. The standard InChI is InChI=1S/C18H12Cl2F3N3O2/c1-8-5-25-17(20)15(23)16(8)26-9(2)3-13(14(19)18(26)27)28-7-12-11(22)4-10(21)6-24-12/h3-6H,7H2,1-2H3/i7D2. The maximum absolute atomic E-state index is 14.5. The van der Waals surface area contributed by atoms with Crippen molar-refractivity contribution in [3.8, 4) is 11.4 Å². The van der Waals surface area contributed by atoms with Gasteiger partial charge in [0.1, 0.15) is 28.8 Å². The Labute approximate surface area is 170 Å². The van der Waals surface area contributed by atoms with Crippen LogP contribution < -0.4 is 10.3 Å². The molecule has 28 heavy (non-hydrogen) atoms. The topological polar surface area (TPSA) is 57.0 Å². The molecule has 3 aromatic heterocycles. The minimum absolute atomic E-state index is 0.118. The smallest absolute Gasteiger partial charge is 0.278 e. The van der Waals surface area contributed by atoms with Crippen LogP contribution in [0.3, 0.4) is 0 Å². The largest absolute Gasteiger partial charge is 0.485 e. The molecule has 0 aliphatic rings. The van der Waals surface area contributed by atoms with E-state index in [0.29, 0.717) is 17.8 Å². The Morgan fingerprint density at radius 1 is 1.18 bits per heavy atom. The summed E-state index contributed by atoms with van der Waals surface area (Å²) in [5.74, 6) is -3.68. The van der Waals surface area contributed by atoms with Gasteiger partial charge in [-0.15, -0.1) is 0 Å². The summed E-state index contributed by atoms with van der Waals surface area (Å²) in [6.07, 6.45) is 1.88. The third-order valence-electron chi connectivity index (χ3n) is 3.72. The first-order valence-corrected chi connectivity index (χ1v) is 8.43. The number of aromatic nitrogens is 3. The molecule has 0 radical (unpaired) electrons. The average molecular weight is 432 g/mol. The number of aryl methyl sites for hydroxylation is 2. The third kappa shape index (κ3) is 3.70. The van der Waals surface area contributed by atoms with Crippen LogP contribution in [0.4, 0.5) is 13.2 Å². The molecular formula is C18H12Cl2F3N3O2. The Balaban J connectivity index is 2.12. The minimum atomic E-state index is -2.90. The van der Waals surface area contributed by atoms with Crippen LogP contribution in [0, 0.1) is 31.3 Å². The Morgan fingerprint density at radius 3 is 2.57 bits per heavy atom. The van der Waals surface area contributed by atoms with Gasteiger partial charge in [0, 0.05) is 24.0 Å². The van der Waals surface area contributed by atoms with Crippen LogP contribution in [0.25, 0.3) is 5.69 Å². The quantitative estimate of drug-likeness (QED) is 0.568. The zero-order chi connectivity index (χ0) is 22.4. The Kier molecular flexibility index (Phi) is 4.88. The maximum atomic E-state index is 14.5. The molecular weight excluding hydrogens is 418 g/mol. The Bertz CT molecular complexity index is 1220. The van der Waals surface area contributed by atoms with Gasteiger partial charge in [-0.25, -0.2) is 18.2 Å². The van der Waals surface area contributed by atoms with E-state index in [1.807, 2.05) is 0 Å². The molecule has 0 amide bonds. The minimum Gasteiger partial charge on any atom is -0.485 e. The first kappa shape index (κ1) is 17.5. The van der Waals surface area contributed by atoms with Crippen LogP contribution in [0.5, 0.6) is 5.75 Å². The number of hydrogen-bond acceptors (Lipinski definition) is 4. The Hall–Kier alpha value is -2.58. The van der Waals surface area contributed by atoms with Crippen molar-refractivity contribution in [1.82, 2.24) is 14.5 Å². The highest BCUT2D eigenvalue weighted by molar-refractivity contribution is 6.32. The van der Waals surface area contributed by atoms with Crippen LogP contribution in [0.15, 0.2) is 29.3 Å². The van der Waals surface area contributed by atoms with E-state index in [2.05, 4.69) is 9.97 Å². The SMILES string of the molecule is [2H]C([2H])(Oc1cc(C)n(-c2c(C)cnc(Cl)c2F)c(=O)c1Cl)c1ncc(F)cc1F. The van der Waals surface area contributed by atoms with Crippen molar-refractivity contribution in [1.29, 1.82) is 0 Å². The van der Waals surface area contributed by atoms with Gasteiger partial charge in [0.15, 0.2) is 16.8 Å². The van der Waals surface area contributed by atoms with Gasteiger partial charge in [-0.1, -0.05) is 23.2 Å². The van der Waals surface area contributed by atoms with Crippen LogP contribution in [-0.4, -0.2) is 14.5 Å². The van der Waals surface area contributed by atoms with Crippen molar-refractivity contribution in [2.24, 2.45) is 0 Å². The van der Waals surface area contributed by atoms with Crippen molar-refractivity contribution in [3.63, 3.8) is 0 Å². The van der Waals surface area contributed by atoms with Gasteiger partial charge in [-0.3, -0.25) is 14.3 Å². The molecule has 3 aromatic rings. The molecule has 0 spiro atoms. The molecule has 146 valence electrons. The molecule has 0 bridgehead atoms. The highest BCUT2D eigenvalue weighted by Gasteiger charge is 2.20. The second-order valence-electron chi connectivity index (χ2n) is 5.69. The molecule has 0 aliphatic heterocycles. The molecule has 5 nitrogen and oxygen atoms in total. The first-order chi connectivity index (χ1) is 13.9. The van der Waals surface area contributed by atoms with E-state index < -0.39 is 51.2 Å². The second kappa shape index (κ2) is 7.81. The summed E-state index contributed by atoms with van der Waals surface area (Å²) >= 11 is 11.8. The molecule has 3 heterocycles. The van der Waals surface area contributed by atoms with Crippen molar-refractivity contribution in [2.45, 2.75) is 20.4 Å². The number of rotatable bonds is 4. The van der Waals surface area contributed by atoms with Crippen molar-refractivity contribution in [2.75, 3.05) is 0 Å². The molecule has 0 atom stereocenters. The summed E-state index contributed by atoms with van der Waals surface area (Å²) in [5.41, 5.74) is -1.55. The fourth-order valence-electron chi connectivity index (χ4n) is 2.44.